The van der Waals surface area contributed by atoms with Gasteiger partial charge in [0.2, 0.25) is 6.10 Å². The zero-order valence-corrected chi connectivity index (χ0v) is 17.5. The van der Waals surface area contributed by atoms with E-state index in [1.165, 1.54) is 4.90 Å². The molecular weight excluding hydrogens is 414 g/mol. The van der Waals surface area contributed by atoms with E-state index in [9.17, 15) is 19.5 Å². The fourth-order valence-electron chi connectivity index (χ4n) is 3.76. The van der Waals surface area contributed by atoms with Crippen molar-refractivity contribution in [2.45, 2.75) is 18.6 Å². The molecule has 9 heteroatoms. The topological polar surface area (TPSA) is 108 Å². The molecule has 4 rings (SSSR count). The van der Waals surface area contributed by atoms with Crippen LogP contribution < -0.4 is 14.8 Å². The van der Waals surface area contributed by atoms with Crippen LogP contribution in [0.4, 0.5) is 4.79 Å². The molecule has 2 aliphatic rings. The Kier molecular flexibility index (Phi) is 6.44. The van der Waals surface area contributed by atoms with Crippen LogP contribution in [0.1, 0.15) is 5.56 Å². The molecule has 0 aliphatic carbocycles. The first-order valence-electron chi connectivity index (χ1n) is 10.5. The largest absolute Gasteiger partial charge is 0.485 e. The summed E-state index contributed by atoms with van der Waals surface area (Å²) in [5.74, 6) is -0.132. The Morgan fingerprint density at radius 3 is 2.25 bits per heavy atom. The molecule has 1 fully saturated rings. The van der Waals surface area contributed by atoms with Gasteiger partial charge in [-0.3, -0.25) is 4.79 Å². The lowest BCUT2D eigenvalue weighted by molar-refractivity contribution is -0.142. The Morgan fingerprint density at radius 1 is 0.938 bits per heavy atom. The number of para-hydroxylation sites is 2. The Bertz CT molecular complexity index is 975. The number of aliphatic carboxylic acids is 1. The van der Waals surface area contributed by atoms with Gasteiger partial charge in [-0.05, 0) is 17.7 Å². The minimum atomic E-state index is -1.09. The van der Waals surface area contributed by atoms with Crippen molar-refractivity contribution in [3.63, 3.8) is 0 Å². The minimum absolute atomic E-state index is 0.135. The van der Waals surface area contributed by atoms with E-state index in [1.807, 2.05) is 42.5 Å². The number of piperazine rings is 1. The number of rotatable bonds is 5. The number of amides is 3. The Balaban J connectivity index is 1.28. The van der Waals surface area contributed by atoms with E-state index in [0.717, 1.165) is 5.56 Å². The van der Waals surface area contributed by atoms with Crippen molar-refractivity contribution in [2.24, 2.45) is 0 Å². The van der Waals surface area contributed by atoms with Gasteiger partial charge < -0.3 is 29.7 Å². The summed E-state index contributed by atoms with van der Waals surface area (Å²) in [5.41, 5.74) is 0.826. The van der Waals surface area contributed by atoms with Crippen LogP contribution in [0.2, 0.25) is 0 Å². The van der Waals surface area contributed by atoms with Gasteiger partial charge in [0, 0.05) is 32.6 Å². The molecule has 1 saturated heterocycles. The lowest BCUT2D eigenvalue weighted by Crippen LogP contribution is -2.58. The zero-order valence-electron chi connectivity index (χ0n) is 17.5. The molecule has 0 saturated carbocycles. The normalized spacial score (nSPS) is 18.6. The molecular formula is C23H25N3O6. The van der Waals surface area contributed by atoms with Gasteiger partial charge in [0.1, 0.15) is 12.6 Å². The third-order valence-electron chi connectivity index (χ3n) is 5.54. The lowest BCUT2D eigenvalue weighted by Gasteiger charge is -2.37. The molecule has 0 bridgehead atoms. The van der Waals surface area contributed by atoms with Gasteiger partial charge in [0.15, 0.2) is 11.5 Å². The summed E-state index contributed by atoms with van der Waals surface area (Å²) in [6.07, 6.45) is -0.534. The average Bonchev–Trinajstić information content (AvgIpc) is 2.83. The van der Waals surface area contributed by atoms with E-state index >= 15 is 0 Å². The van der Waals surface area contributed by atoms with Crippen LogP contribution >= 0.6 is 0 Å². The number of hydrogen-bond donors (Lipinski definition) is 2. The van der Waals surface area contributed by atoms with Crippen molar-refractivity contribution in [3.05, 3.63) is 60.2 Å². The standard InChI is InChI=1S/C23H25N3O6/c27-21(20-15-31-18-8-4-5-9-19(18)32-20)25-10-12-26(13-11-25)23(30)24-17(22(28)29)14-16-6-2-1-3-7-16/h1-9,17,20H,10-15H2,(H,24,30)(H,28,29)/t17-,20-/m0/s1. The quantitative estimate of drug-likeness (QED) is 0.729. The van der Waals surface area contributed by atoms with Crippen LogP contribution in [0.3, 0.4) is 0 Å². The second kappa shape index (κ2) is 9.59. The number of carbonyl (C=O) groups excluding carboxylic acids is 2. The van der Waals surface area contributed by atoms with Crippen molar-refractivity contribution in [2.75, 3.05) is 32.8 Å². The van der Waals surface area contributed by atoms with Gasteiger partial charge in [0.25, 0.3) is 5.91 Å². The molecule has 168 valence electrons. The van der Waals surface area contributed by atoms with Crippen molar-refractivity contribution in [1.82, 2.24) is 15.1 Å². The SMILES string of the molecule is O=C(O)[C@H](Cc1ccccc1)NC(=O)N1CCN(C(=O)[C@@H]2COc3ccccc3O2)CC1. The first-order valence-corrected chi connectivity index (χ1v) is 10.5. The maximum Gasteiger partial charge on any atom is 0.326 e. The third kappa shape index (κ3) is 4.93. The molecule has 0 aromatic heterocycles. The molecule has 2 N–H and O–H groups in total. The highest BCUT2D eigenvalue weighted by molar-refractivity contribution is 5.84. The smallest absolute Gasteiger partial charge is 0.326 e. The summed E-state index contributed by atoms with van der Waals surface area (Å²) in [7, 11) is 0. The molecule has 0 spiro atoms. The number of hydrogen-bond acceptors (Lipinski definition) is 5. The second-order valence-corrected chi connectivity index (χ2v) is 7.71. The fourth-order valence-corrected chi connectivity index (χ4v) is 3.76. The van der Waals surface area contributed by atoms with Gasteiger partial charge >= 0.3 is 12.0 Å². The minimum Gasteiger partial charge on any atom is -0.485 e. The van der Waals surface area contributed by atoms with E-state index in [1.54, 1.807) is 17.0 Å². The van der Waals surface area contributed by atoms with Crippen molar-refractivity contribution in [3.8, 4) is 11.5 Å². The first kappa shape index (κ1) is 21.5. The van der Waals surface area contributed by atoms with Crippen LogP contribution in [-0.4, -0.2) is 77.7 Å². The molecule has 0 radical (unpaired) electrons. The number of ether oxygens (including phenoxy) is 2. The molecule has 2 atom stereocenters. The molecule has 2 aromatic rings. The Labute approximate surface area is 185 Å². The third-order valence-corrected chi connectivity index (χ3v) is 5.54. The lowest BCUT2D eigenvalue weighted by atomic mass is 10.1. The second-order valence-electron chi connectivity index (χ2n) is 7.71. The first-order chi connectivity index (χ1) is 15.5. The number of fused-ring (bicyclic) bond motifs is 1. The molecule has 3 amide bonds. The zero-order chi connectivity index (χ0) is 22.5. The van der Waals surface area contributed by atoms with Crippen LogP contribution in [0.15, 0.2) is 54.6 Å². The molecule has 2 heterocycles. The molecule has 0 unspecified atom stereocenters. The average molecular weight is 439 g/mol. The number of carboxylic acid groups (broad SMARTS) is 1. The van der Waals surface area contributed by atoms with Gasteiger partial charge in [-0.25, -0.2) is 9.59 Å². The number of benzene rings is 2. The molecule has 32 heavy (non-hydrogen) atoms. The van der Waals surface area contributed by atoms with Gasteiger partial charge in [-0.1, -0.05) is 42.5 Å². The number of nitrogens with one attached hydrogen (secondary N) is 1. The number of urea groups is 1. The van der Waals surface area contributed by atoms with Crippen molar-refractivity contribution >= 4 is 17.9 Å². The van der Waals surface area contributed by atoms with Crippen LogP contribution in [-0.2, 0) is 16.0 Å². The van der Waals surface area contributed by atoms with Gasteiger partial charge in [-0.2, -0.15) is 0 Å². The van der Waals surface area contributed by atoms with Crippen LogP contribution in [0.5, 0.6) is 11.5 Å². The Morgan fingerprint density at radius 2 is 1.56 bits per heavy atom. The summed E-state index contributed by atoms with van der Waals surface area (Å²) in [4.78, 5) is 40.2. The summed E-state index contributed by atoms with van der Waals surface area (Å²) in [5, 5.41) is 12.1. The monoisotopic (exact) mass is 439 g/mol. The van der Waals surface area contributed by atoms with Gasteiger partial charge in [-0.15, -0.1) is 0 Å². The van der Waals surface area contributed by atoms with E-state index < -0.39 is 24.1 Å². The summed E-state index contributed by atoms with van der Waals surface area (Å²) >= 11 is 0. The maximum absolute atomic E-state index is 12.8. The van der Waals surface area contributed by atoms with E-state index in [2.05, 4.69) is 5.32 Å². The van der Waals surface area contributed by atoms with E-state index in [4.69, 9.17) is 9.47 Å². The van der Waals surface area contributed by atoms with Crippen molar-refractivity contribution in [1.29, 1.82) is 0 Å². The highest BCUT2D eigenvalue weighted by Gasteiger charge is 2.34. The number of carbonyl (C=O) groups is 3. The fraction of sp³-hybridized carbons (Fsp3) is 0.348. The summed E-state index contributed by atoms with van der Waals surface area (Å²) < 4.78 is 11.4. The van der Waals surface area contributed by atoms with E-state index in [-0.39, 0.29) is 18.9 Å². The van der Waals surface area contributed by atoms with Gasteiger partial charge in [0.05, 0.1) is 0 Å². The summed E-state index contributed by atoms with van der Waals surface area (Å²) in [6, 6.07) is 14.9. The molecule has 2 aliphatic heterocycles. The highest BCUT2D eigenvalue weighted by atomic mass is 16.6. The summed E-state index contributed by atoms with van der Waals surface area (Å²) in [6.45, 7) is 1.42. The molecule has 2 aromatic carbocycles. The number of nitrogens with zero attached hydrogens (tertiary/aromatic N) is 2. The maximum atomic E-state index is 12.8. The molecule has 9 nitrogen and oxygen atoms in total. The van der Waals surface area contributed by atoms with Crippen molar-refractivity contribution < 1.29 is 29.0 Å². The Hall–Kier alpha value is -3.75. The van der Waals surface area contributed by atoms with Crippen LogP contribution in [0.25, 0.3) is 0 Å². The predicted octanol–water partition coefficient (Wildman–Crippen LogP) is 1.38. The van der Waals surface area contributed by atoms with E-state index in [0.29, 0.717) is 37.7 Å². The highest BCUT2D eigenvalue weighted by Crippen LogP contribution is 2.31. The predicted molar refractivity (Wildman–Crippen MR) is 115 cm³/mol. The number of carboxylic acids is 1. The van der Waals surface area contributed by atoms with Crippen LogP contribution in [0, 0.1) is 0 Å².